The van der Waals surface area contributed by atoms with E-state index < -0.39 is 0 Å². The van der Waals surface area contributed by atoms with E-state index in [-0.39, 0.29) is 0 Å². The summed E-state index contributed by atoms with van der Waals surface area (Å²) in [5.74, 6) is 1.59. The lowest BCUT2D eigenvalue weighted by atomic mass is 9.98. The number of aromatic nitrogens is 4. The van der Waals surface area contributed by atoms with E-state index in [2.05, 4.69) is 62.0 Å². The minimum atomic E-state index is 0.437. The van der Waals surface area contributed by atoms with Crippen molar-refractivity contribution in [1.82, 2.24) is 19.5 Å². The Kier molecular flexibility index (Phi) is 6.59. The highest BCUT2D eigenvalue weighted by atomic mass is 15.0. The van der Waals surface area contributed by atoms with E-state index in [1.54, 1.807) is 6.07 Å². The molecule has 0 amide bonds. The van der Waals surface area contributed by atoms with Crippen LogP contribution in [-0.2, 0) is 0 Å². The van der Waals surface area contributed by atoms with Gasteiger partial charge in [-0.2, -0.15) is 15.8 Å². The van der Waals surface area contributed by atoms with Crippen LogP contribution in [0.2, 0.25) is 0 Å². The topological polar surface area (TPSA) is 115 Å². The summed E-state index contributed by atoms with van der Waals surface area (Å²) in [6.07, 6.45) is 0. The van der Waals surface area contributed by atoms with Gasteiger partial charge in [-0.15, -0.1) is 0 Å². The van der Waals surface area contributed by atoms with Crippen molar-refractivity contribution in [2.45, 2.75) is 13.8 Å². The molecule has 7 heteroatoms. The van der Waals surface area contributed by atoms with Crippen molar-refractivity contribution in [3.8, 4) is 57.5 Å². The predicted molar refractivity (Wildman–Crippen MR) is 174 cm³/mol. The number of hydrogen-bond acceptors (Lipinski definition) is 6. The molecule has 0 fully saturated rings. The first kappa shape index (κ1) is 27.2. The van der Waals surface area contributed by atoms with E-state index in [0.717, 1.165) is 49.7 Å². The highest BCUT2D eigenvalue weighted by Gasteiger charge is 2.18. The van der Waals surface area contributed by atoms with Crippen LogP contribution < -0.4 is 0 Å². The maximum Gasteiger partial charge on any atom is 0.164 e. The lowest BCUT2D eigenvalue weighted by molar-refractivity contribution is 0.927. The molecule has 0 spiro atoms. The van der Waals surface area contributed by atoms with Crippen LogP contribution in [0.1, 0.15) is 28.3 Å². The molecular weight excluding hydrogens is 554 g/mol. The van der Waals surface area contributed by atoms with Crippen molar-refractivity contribution in [1.29, 1.82) is 15.8 Å². The van der Waals surface area contributed by atoms with Gasteiger partial charge in [0, 0.05) is 22.0 Å². The van der Waals surface area contributed by atoms with Crippen molar-refractivity contribution in [2.24, 2.45) is 0 Å². The third-order valence-corrected chi connectivity index (χ3v) is 7.97. The average molecular weight is 578 g/mol. The van der Waals surface area contributed by atoms with Crippen LogP contribution in [0.3, 0.4) is 0 Å². The van der Waals surface area contributed by atoms with Crippen LogP contribution in [0, 0.1) is 47.8 Å². The molecule has 0 atom stereocenters. The standard InChI is InChI=1S/C38H23N7/c1-23-42-24(2)44-38(43-23)35-19-30(14-11-29(35)22-41)45-36-17-25(31-9-5-3-7-27(31)20-39)12-15-33(36)34-16-13-26(18-37(34)45)32-10-6-4-8-28(32)21-40/h3-19H,1-2H3. The van der Waals surface area contributed by atoms with E-state index in [9.17, 15) is 15.8 Å². The molecule has 2 heterocycles. The van der Waals surface area contributed by atoms with Crippen molar-refractivity contribution < 1.29 is 0 Å². The molecule has 0 N–H and O–H groups in total. The number of rotatable bonds is 4. The molecule has 2 aromatic heterocycles. The number of benzene rings is 5. The zero-order chi connectivity index (χ0) is 31.1. The quantitative estimate of drug-likeness (QED) is 0.208. The maximum absolute atomic E-state index is 10.0. The lowest BCUT2D eigenvalue weighted by Gasteiger charge is -2.13. The zero-order valence-corrected chi connectivity index (χ0v) is 24.4. The molecule has 0 aliphatic rings. The third kappa shape index (κ3) is 4.64. The van der Waals surface area contributed by atoms with Crippen molar-refractivity contribution >= 4 is 21.8 Å². The van der Waals surface area contributed by atoms with Crippen LogP contribution in [0.15, 0.2) is 103 Å². The van der Waals surface area contributed by atoms with Gasteiger partial charge in [0.25, 0.3) is 0 Å². The van der Waals surface area contributed by atoms with E-state index in [4.69, 9.17) is 0 Å². The van der Waals surface area contributed by atoms with Crippen molar-refractivity contribution in [3.63, 3.8) is 0 Å². The fourth-order valence-corrected chi connectivity index (χ4v) is 5.99. The van der Waals surface area contributed by atoms with Crippen molar-refractivity contribution in [3.05, 3.63) is 131 Å². The number of fused-ring (bicyclic) bond motifs is 3. The summed E-state index contributed by atoms with van der Waals surface area (Å²) in [7, 11) is 0. The molecule has 7 aromatic rings. The molecule has 0 radical (unpaired) electrons. The van der Waals surface area contributed by atoms with Crippen LogP contribution in [0.25, 0.3) is 61.1 Å². The van der Waals surface area contributed by atoms with Crippen LogP contribution >= 0.6 is 0 Å². The maximum atomic E-state index is 10.0. The molecule has 7 nitrogen and oxygen atoms in total. The van der Waals surface area contributed by atoms with Gasteiger partial charge in [-0.05, 0) is 78.6 Å². The second-order valence-corrected chi connectivity index (χ2v) is 10.7. The molecule has 0 bridgehead atoms. The van der Waals surface area contributed by atoms with Gasteiger partial charge in [0.2, 0.25) is 0 Å². The second kappa shape index (κ2) is 10.9. The van der Waals surface area contributed by atoms with Crippen LogP contribution in [-0.4, -0.2) is 19.5 Å². The average Bonchev–Trinajstić information content (AvgIpc) is 3.40. The van der Waals surface area contributed by atoms with Gasteiger partial charge in [-0.1, -0.05) is 60.7 Å². The summed E-state index contributed by atoms with van der Waals surface area (Å²) in [4.78, 5) is 13.4. The highest BCUT2D eigenvalue weighted by molar-refractivity contribution is 6.11. The number of hydrogen-bond donors (Lipinski definition) is 0. The van der Waals surface area contributed by atoms with Crippen molar-refractivity contribution in [2.75, 3.05) is 0 Å². The number of aryl methyl sites for hydroxylation is 2. The Hall–Kier alpha value is -6.62. The summed E-state index contributed by atoms with van der Waals surface area (Å²) < 4.78 is 2.16. The molecule has 0 aliphatic carbocycles. The van der Waals surface area contributed by atoms with E-state index in [1.165, 1.54) is 0 Å². The third-order valence-electron chi connectivity index (χ3n) is 7.97. The largest absolute Gasteiger partial charge is 0.309 e. The fourth-order valence-electron chi connectivity index (χ4n) is 5.99. The number of nitrogens with zero attached hydrogens (tertiary/aromatic N) is 7. The monoisotopic (exact) mass is 577 g/mol. The molecule has 5 aromatic carbocycles. The van der Waals surface area contributed by atoms with Gasteiger partial charge in [0.1, 0.15) is 11.6 Å². The summed E-state index contributed by atoms with van der Waals surface area (Å²) in [6.45, 7) is 3.62. The Balaban J connectivity index is 1.56. The molecule has 45 heavy (non-hydrogen) atoms. The van der Waals surface area contributed by atoms with Crippen LogP contribution in [0.5, 0.6) is 0 Å². The zero-order valence-electron chi connectivity index (χ0n) is 24.4. The summed E-state index contributed by atoms with van der Waals surface area (Å²) in [5, 5.41) is 31.7. The number of nitriles is 3. The molecule has 7 rings (SSSR count). The van der Waals surface area contributed by atoms with Crippen LogP contribution in [0.4, 0.5) is 0 Å². The first-order valence-corrected chi connectivity index (χ1v) is 14.3. The Morgan fingerprint density at radius 2 is 1.00 bits per heavy atom. The Morgan fingerprint density at radius 3 is 1.51 bits per heavy atom. The second-order valence-electron chi connectivity index (χ2n) is 10.7. The van der Waals surface area contributed by atoms with Gasteiger partial charge in [-0.25, -0.2) is 15.0 Å². The molecule has 0 saturated heterocycles. The minimum Gasteiger partial charge on any atom is -0.309 e. The van der Waals surface area contributed by atoms with Gasteiger partial charge >= 0.3 is 0 Å². The van der Waals surface area contributed by atoms with E-state index in [0.29, 0.717) is 39.7 Å². The van der Waals surface area contributed by atoms with Gasteiger partial charge < -0.3 is 4.57 Å². The summed E-state index contributed by atoms with van der Waals surface area (Å²) in [6, 6.07) is 40.2. The Morgan fingerprint density at radius 1 is 0.511 bits per heavy atom. The summed E-state index contributed by atoms with van der Waals surface area (Å²) >= 11 is 0. The SMILES string of the molecule is Cc1nc(C)nc(-c2cc(-n3c4cc(-c5ccccc5C#N)ccc4c4ccc(-c5ccccc5C#N)cc43)ccc2C#N)n1. The smallest absolute Gasteiger partial charge is 0.164 e. The Bertz CT molecular complexity index is 2310. The summed E-state index contributed by atoms with van der Waals surface area (Å²) in [5.41, 5.74) is 8.45. The predicted octanol–water partition coefficient (Wildman–Crippen LogP) is 8.20. The Labute approximate surface area is 259 Å². The highest BCUT2D eigenvalue weighted by Crippen LogP contribution is 2.38. The molecule has 210 valence electrons. The first-order chi connectivity index (χ1) is 22.0. The molecular formula is C38H23N7. The molecule has 0 unspecified atom stereocenters. The van der Waals surface area contributed by atoms with Gasteiger partial charge in [-0.3, -0.25) is 0 Å². The molecule has 0 saturated carbocycles. The first-order valence-electron chi connectivity index (χ1n) is 14.3. The fraction of sp³-hybridized carbons (Fsp3) is 0.0526. The molecule has 0 aliphatic heterocycles. The van der Waals surface area contributed by atoms with Gasteiger partial charge in [0.05, 0.1) is 45.9 Å². The van der Waals surface area contributed by atoms with Gasteiger partial charge in [0.15, 0.2) is 5.82 Å². The normalized spacial score (nSPS) is 10.8. The lowest BCUT2D eigenvalue weighted by Crippen LogP contribution is -2.02. The minimum absolute atomic E-state index is 0.437. The van der Waals surface area contributed by atoms with E-state index in [1.807, 2.05) is 86.6 Å². The van der Waals surface area contributed by atoms with E-state index >= 15 is 0 Å².